The Morgan fingerprint density at radius 1 is 1.16 bits per heavy atom. The van der Waals surface area contributed by atoms with Gasteiger partial charge in [0, 0.05) is 22.6 Å². The van der Waals surface area contributed by atoms with Crippen LogP contribution in [0.25, 0.3) is 11.6 Å². The van der Waals surface area contributed by atoms with E-state index in [0.29, 0.717) is 11.1 Å². The molecule has 1 aliphatic carbocycles. The SMILES string of the molecule is Cc1c(C=C2C(=O)Nc3cc(C(F)(F)F)ccc32)[nH]c2c1CCCC2. The van der Waals surface area contributed by atoms with E-state index >= 15 is 0 Å². The van der Waals surface area contributed by atoms with E-state index in [4.69, 9.17) is 0 Å². The van der Waals surface area contributed by atoms with Crippen LogP contribution in [0.1, 0.15) is 46.5 Å². The number of aromatic nitrogens is 1. The number of nitrogens with one attached hydrogen (secondary N) is 2. The van der Waals surface area contributed by atoms with Crippen LogP contribution in [0, 0.1) is 6.92 Å². The molecule has 0 spiro atoms. The van der Waals surface area contributed by atoms with E-state index in [-0.39, 0.29) is 11.6 Å². The maximum absolute atomic E-state index is 12.8. The molecule has 0 saturated carbocycles. The molecule has 1 aliphatic heterocycles. The molecule has 25 heavy (non-hydrogen) atoms. The third-order valence-electron chi connectivity index (χ3n) is 5.03. The average Bonchev–Trinajstić information content (AvgIpc) is 3.04. The first-order valence-corrected chi connectivity index (χ1v) is 8.29. The van der Waals surface area contributed by atoms with E-state index in [1.54, 1.807) is 6.08 Å². The molecule has 1 aromatic carbocycles. The van der Waals surface area contributed by atoms with Crippen molar-refractivity contribution >= 4 is 23.2 Å². The van der Waals surface area contributed by atoms with Gasteiger partial charge in [-0.25, -0.2) is 0 Å². The number of halogens is 3. The second kappa shape index (κ2) is 5.51. The smallest absolute Gasteiger partial charge is 0.358 e. The largest absolute Gasteiger partial charge is 0.416 e. The lowest BCUT2D eigenvalue weighted by Crippen LogP contribution is -2.06. The molecule has 0 unspecified atom stereocenters. The zero-order chi connectivity index (χ0) is 17.8. The molecule has 3 nitrogen and oxygen atoms in total. The van der Waals surface area contributed by atoms with Crippen LogP contribution in [0.15, 0.2) is 18.2 Å². The molecule has 0 saturated heterocycles. The Kier molecular flexibility index (Phi) is 3.52. The first-order valence-electron chi connectivity index (χ1n) is 8.29. The van der Waals surface area contributed by atoms with Crippen LogP contribution in [0.5, 0.6) is 0 Å². The normalized spacial score (nSPS) is 18.2. The summed E-state index contributed by atoms with van der Waals surface area (Å²) in [6.07, 6.45) is 1.65. The van der Waals surface area contributed by atoms with Gasteiger partial charge < -0.3 is 10.3 Å². The monoisotopic (exact) mass is 346 g/mol. The van der Waals surface area contributed by atoms with Gasteiger partial charge in [0.2, 0.25) is 0 Å². The van der Waals surface area contributed by atoms with E-state index in [0.717, 1.165) is 49.1 Å². The van der Waals surface area contributed by atoms with Gasteiger partial charge >= 0.3 is 6.18 Å². The maximum atomic E-state index is 12.8. The molecule has 6 heteroatoms. The summed E-state index contributed by atoms with van der Waals surface area (Å²) in [5.41, 5.74) is 4.85. The van der Waals surface area contributed by atoms with Crippen molar-refractivity contribution in [2.24, 2.45) is 0 Å². The third kappa shape index (κ3) is 2.65. The van der Waals surface area contributed by atoms with Crippen molar-refractivity contribution < 1.29 is 18.0 Å². The lowest BCUT2D eigenvalue weighted by molar-refractivity contribution is -0.137. The number of rotatable bonds is 1. The fraction of sp³-hybridized carbons (Fsp3) is 0.316. The van der Waals surface area contributed by atoms with Crippen LogP contribution in [-0.2, 0) is 23.8 Å². The minimum atomic E-state index is -4.43. The van der Waals surface area contributed by atoms with E-state index in [1.807, 2.05) is 6.92 Å². The van der Waals surface area contributed by atoms with Crippen LogP contribution < -0.4 is 5.32 Å². The quantitative estimate of drug-likeness (QED) is 0.722. The number of aromatic amines is 1. The van der Waals surface area contributed by atoms with Gasteiger partial charge in [-0.1, -0.05) is 6.07 Å². The van der Waals surface area contributed by atoms with E-state index in [2.05, 4.69) is 10.3 Å². The number of carbonyl (C=O) groups is 1. The first kappa shape index (κ1) is 16.0. The van der Waals surface area contributed by atoms with E-state index in [9.17, 15) is 18.0 Å². The maximum Gasteiger partial charge on any atom is 0.416 e. The topological polar surface area (TPSA) is 44.9 Å². The minimum Gasteiger partial charge on any atom is -0.358 e. The summed E-state index contributed by atoms with van der Waals surface area (Å²) in [7, 11) is 0. The van der Waals surface area contributed by atoms with Crippen molar-refractivity contribution in [1.82, 2.24) is 4.98 Å². The number of anilines is 1. The number of alkyl halides is 3. The molecule has 2 aliphatic rings. The summed E-state index contributed by atoms with van der Waals surface area (Å²) >= 11 is 0. The van der Waals surface area contributed by atoms with Crippen LogP contribution >= 0.6 is 0 Å². The summed E-state index contributed by atoms with van der Waals surface area (Å²) in [4.78, 5) is 15.7. The highest BCUT2D eigenvalue weighted by atomic mass is 19.4. The van der Waals surface area contributed by atoms with Gasteiger partial charge in [0.25, 0.3) is 5.91 Å². The number of hydrogen-bond acceptors (Lipinski definition) is 1. The molecular formula is C19H17F3N2O. The molecule has 1 aromatic heterocycles. The molecule has 2 N–H and O–H groups in total. The Morgan fingerprint density at radius 2 is 1.92 bits per heavy atom. The Balaban J connectivity index is 1.77. The predicted octanol–water partition coefficient (Wildman–Crippen LogP) is 4.71. The van der Waals surface area contributed by atoms with Crippen LogP contribution in [-0.4, -0.2) is 10.9 Å². The predicted molar refractivity (Wildman–Crippen MR) is 90.1 cm³/mol. The summed E-state index contributed by atoms with van der Waals surface area (Å²) in [5, 5.41) is 2.54. The van der Waals surface area contributed by atoms with Crippen molar-refractivity contribution in [2.45, 2.75) is 38.8 Å². The molecule has 130 valence electrons. The van der Waals surface area contributed by atoms with Gasteiger partial charge in [-0.05, 0) is 61.9 Å². The number of hydrogen-bond donors (Lipinski definition) is 2. The fourth-order valence-corrected chi connectivity index (χ4v) is 3.68. The van der Waals surface area contributed by atoms with Gasteiger partial charge in [-0.15, -0.1) is 0 Å². The molecule has 0 atom stereocenters. The van der Waals surface area contributed by atoms with Crippen molar-refractivity contribution in [3.63, 3.8) is 0 Å². The van der Waals surface area contributed by atoms with Crippen molar-refractivity contribution in [3.05, 3.63) is 51.8 Å². The zero-order valence-corrected chi connectivity index (χ0v) is 13.7. The van der Waals surface area contributed by atoms with Crippen LogP contribution in [0.4, 0.5) is 18.9 Å². The van der Waals surface area contributed by atoms with Gasteiger partial charge in [-0.2, -0.15) is 13.2 Å². The summed E-state index contributed by atoms with van der Waals surface area (Å²) in [5.74, 6) is -0.374. The fourth-order valence-electron chi connectivity index (χ4n) is 3.68. The molecular weight excluding hydrogens is 329 g/mol. The molecule has 1 amide bonds. The molecule has 2 heterocycles. The summed E-state index contributed by atoms with van der Waals surface area (Å²) < 4.78 is 38.5. The molecule has 0 bridgehead atoms. The van der Waals surface area contributed by atoms with Crippen molar-refractivity contribution in [1.29, 1.82) is 0 Å². The Bertz CT molecular complexity index is 906. The molecule has 0 fully saturated rings. The van der Waals surface area contributed by atoms with Crippen LogP contribution in [0.3, 0.4) is 0 Å². The number of benzene rings is 1. The first-order chi connectivity index (χ1) is 11.8. The van der Waals surface area contributed by atoms with Crippen LogP contribution in [0.2, 0.25) is 0 Å². The highest BCUT2D eigenvalue weighted by Crippen LogP contribution is 2.39. The average molecular weight is 346 g/mol. The second-order valence-electron chi connectivity index (χ2n) is 6.60. The number of fused-ring (bicyclic) bond motifs is 2. The lowest BCUT2D eigenvalue weighted by Gasteiger charge is -2.10. The van der Waals surface area contributed by atoms with Crippen molar-refractivity contribution in [2.75, 3.05) is 5.32 Å². The van der Waals surface area contributed by atoms with Gasteiger partial charge in [0.1, 0.15) is 0 Å². The Hall–Kier alpha value is -2.50. The number of aryl methyl sites for hydroxylation is 1. The van der Waals surface area contributed by atoms with Gasteiger partial charge in [-0.3, -0.25) is 4.79 Å². The molecule has 2 aromatic rings. The lowest BCUT2D eigenvalue weighted by atomic mass is 9.95. The van der Waals surface area contributed by atoms with Gasteiger partial charge in [0.05, 0.1) is 11.1 Å². The number of carbonyl (C=O) groups excluding carboxylic acids is 1. The zero-order valence-electron chi connectivity index (χ0n) is 13.7. The van der Waals surface area contributed by atoms with E-state index < -0.39 is 11.7 Å². The van der Waals surface area contributed by atoms with Crippen molar-refractivity contribution in [3.8, 4) is 0 Å². The number of H-pyrrole nitrogens is 1. The molecule has 4 rings (SSSR count). The standard InChI is InChI=1S/C19H17F3N2O/c1-10-12-4-2-3-5-15(12)23-16(10)9-14-13-7-6-11(19(20,21)22)8-17(13)24-18(14)25/h6-9,23H,2-5H2,1H3,(H,24,25). The highest BCUT2D eigenvalue weighted by Gasteiger charge is 2.33. The summed E-state index contributed by atoms with van der Waals surface area (Å²) in [6, 6.07) is 3.36. The Labute approximate surface area is 142 Å². The molecule has 0 radical (unpaired) electrons. The Morgan fingerprint density at radius 3 is 2.64 bits per heavy atom. The third-order valence-corrected chi connectivity index (χ3v) is 5.03. The van der Waals surface area contributed by atoms with Gasteiger partial charge in [0.15, 0.2) is 0 Å². The number of amides is 1. The second-order valence-corrected chi connectivity index (χ2v) is 6.60. The minimum absolute atomic E-state index is 0.208. The highest BCUT2D eigenvalue weighted by molar-refractivity contribution is 6.34. The summed E-state index contributed by atoms with van der Waals surface area (Å²) in [6.45, 7) is 2.02. The van der Waals surface area contributed by atoms with E-state index in [1.165, 1.54) is 17.3 Å².